The van der Waals surface area contributed by atoms with E-state index in [1.165, 1.54) is 0 Å². The summed E-state index contributed by atoms with van der Waals surface area (Å²) in [5.74, 6) is 0.183. The topological polar surface area (TPSA) is 58.6 Å². The number of esters is 1. The minimum atomic E-state index is -0.838. The van der Waals surface area contributed by atoms with Crippen LogP contribution in [0.3, 0.4) is 0 Å². The molecule has 4 fully saturated rings. The third kappa shape index (κ3) is 2.71. The number of ether oxygens (including phenoxy) is 1. The molecule has 5 rings (SSSR count). The van der Waals surface area contributed by atoms with Crippen LogP contribution in [0.15, 0.2) is 30.3 Å². The molecule has 4 aliphatic heterocycles. The van der Waals surface area contributed by atoms with Crippen molar-refractivity contribution in [1.82, 2.24) is 10.2 Å². The number of benzene rings is 1. The Morgan fingerprint density at radius 2 is 1.96 bits per heavy atom. The smallest absolute Gasteiger partial charge is 0.317 e. The van der Waals surface area contributed by atoms with Crippen LogP contribution >= 0.6 is 0 Å². The van der Waals surface area contributed by atoms with Crippen LogP contribution in [0.25, 0.3) is 0 Å². The minimum absolute atomic E-state index is 0.0226. The monoisotopic (exact) mass is 328 g/mol. The fourth-order valence-corrected chi connectivity index (χ4v) is 4.43. The van der Waals surface area contributed by atoms with E-state index >= 15 is 0 Å². The highest BCUT2D eigenvalue weighted by Gasteiger charge is 2.47. The van der Waals surface area contributed by atoms with Crippen molar-refractivity contribution in [2.45, 2.75) is 37.2 Å². The number of amides is 1. The molecule has 1 unspecified atom stereocenters. The Kier molecular flexibility index (Phi) is 4.04. The maximum Gasteiger partial charge on any atom is 0.317 e. The molecule has 24 heavy (non-hydrogen) atoms. The number of fused-ring (bicyclic) bond motifs is 3. The van der Waals surface area contributed by atoms with Gasteiger partial charge in [-0.3, -0.25) is 14.5 Å². The third-order valence-electron chi connectivity index (χ3n) is 5.91. The van der Waals surface area contributed by atoms with Gasteiger partial charge in [0.25, 0.3) is 0 Å². The zero-order valence-corrected chi connectivity index (χ0v) is 13.9. The maximum absolute atomic E-state index is 13.2. The van der Waals surface area contributed by atoms with Gasteiger partial charge >= 0.3 is 5.97 Å². The van der Waals surface area contributed by atoms with Gasteiger partial charge in [0.1, 0.15) is 11.5 Å². The number of carbonyl (C=O) groups is 2. The first kappa shape index (κ1) is 15.6. The van der Waals surface area contributed by atoms with E-state index in [0.717, 1.165) is 38.0 Å². The summed E-state index contributed by atoms with van der Waals surface area (Å²) in [6, 6.07) is 9.65. The van der Waals surface area contributed by atoms with Crippen molar-refractivity contribution >= 4 is 11.9 Å². The molecule has 4 saturated heterocycles. The number of hydrogen-bond acceptors (Lipinski definition) is 4. The van der Waals surface area contributed by atoms with E-state index in [9.17, 15) is 9.59 Å². The van der Waals surface area contributed by atoms with Gasteiger partial charge in [-0.1, -0.05) is 30.3 Å². The highest BCUT2D eigenvalue weighted by molar-refractivity contribution is 5.91. The van der Waals surface area contributed by atoms with E-state index in [1.807, 2.05) is 30.3 Å². The number of piperidine rings is 4. The summed E-state index contributed by atoms with van der Waals surface area (Å²) < 4.78 is 6.01. The summed E-state index contributed by atoms with van der Waals surface area (Å²) in [6.45, 7) is 3.59. The van der Waals surface area contributed by atoms with Gasteiger partial charge in [0.05, 0.1) is 0 Å². The lowest BCUT2D eigenvalue weighted by Gasteiger charge is -2.45. The van der Waals surface area contributed by atoms with Gasteiger partial charge in [0.2, 0.25) is 5.91 Å². The first-order valence-corrected chi connectivity index (χ1v) is 8.93. The third-order valence-corrected chi connectivity index (χ3v) is 5.91. The molecule has 2 bridgehead atoms. The second-order valence-corrected chi connectivity index (χ2v) is 7.31. The van der Waals surface area contributed by atoms with Gasteiger partial charge in [-0.15, -0.1) is 0 Å². The molecule has 5 heteroatoms. The largest absolute Gasteiger partial charge is 0.460 e. The van der Waals surface area contributed by atoms with E-state index in [-0.39, 0.29) is 24.4 Å². The van der Waals surface area contributed by atoms with Crippen molar-refractivity contribution < 1.29 is 14.3 Å². The molecule has 0 spiro atoms. The van der Waals surface area contributed by atoms with Crippen LogP contribution in [0.4, 0.5) is 0 Å². The van der Waals surface area contributed by atoms with Crippen LogP contribution in [0, 0.1) is 5.92 Å². The van der Waals surface area contributed by atoms with Crippen LogP contribution in [-0.4, -0.2) is 49.1 Å². The quantitative estimate of drug-likeness (QED) is 0.854. The number of nitrogens with zero attached hydrogens (tertiary/aromatic N) is 1. The number of rotatable bonds is 3. The molecule has 1 aromatic rings. The molecular weight excluding hydrogens is 304 g/mol. The van der Waals surface area contributed by atoms with Crippen molar-refractivity contribution in [2.24, 2.45) is 5.92 Å². The summed E-state index contributed by atoms with van der Waals surface area (Å²) in [4.78, 5) is 27.6. The maximum atomic E-state index is 13.2. The molecule has 1 N–H and O–H groups in total. The minimum Gasteiger partial charge on any atom is -0.460 e. The molecular formula is C19H24N2O3. The fourth-order valence-electron chi connectivity index (χ4n) is 4.43. The van der Waals surface area contributed by atoms with E-state index in [1.54, 1.807) is 0 Å². The molecule has 0 saturated carbocycles. The second kappa shape index (κ2) is 6.20. The predicted molar refractivity (Wildman–Crippen MR) is 89.4 cm³/mol. The standard InChI is InChI=1S/C19H24N2O3/c22-17-12-19(8-9-20-17,15-4-2-1-3-5-15)18(23)24-16-13-21-10-6-14(16)7-11-21/h1-5,14,16H,6-13H2,(H,20,22)/t16-,19?/m1/s1. The van der Waals surface area contributed by atoms with E-state index < -0.39 is 5.41 Å². The number of carbonyl (C=O) groups excluding carboxylic acids is 2. The van der Waals surface area contributed by atoms with E-state index in [2.05, 4.69) is 10.2 Å². The molecule has 4 heterocycles. The van der Waals surface area contributed by atoms with Gasteiger partial charge in [0.15, 0.2) is 0 Å². The van der Waals surface area contributed by atoms with Gasteiger partial charge in [-0.2, -0.15) is 0 Å². The Hall–Kier alpha value is -1.88. The van der Waals surface area contributed by atoms with Crippen molar-refractivity contribution in [1.29, 1.82) is 0 Å². The average Bonchev–Trinajstić information content (AvgIpc) is 2.63. The van der Waals surface area contributed by atoms with Gasteiger partial charge in [-0.25, -0.2) is 0 Å². The van der Waals surface area contributed by atoms with Crippen LogP contribution in [-0.2, 0) is 19.7 Å². The van der Waals surface area contributed by atoms with Crippen molar-refractivity contribution in [3.63, 3.8) is 0 Å². The highest BCUT2D eigenvalue weighted by atomic mass is 16.5. The van der Waals surface area contributed by atoms with Crippen molar-refractivity contribution in [3.8, 4) is 0 Å². The Balaban J connectivity index is 1.59. The summed E-state index contributed by atoms with van der Waals surface area (Å²) in [6.07, 6.45) is 2.97. The van der Waals surface area contributed by atoms with Crippen LogP contribution in [0.2, 0.25) is 0 Å². The Labute approximate surface area is 142 Å². The Morgan fingerprint density at radius 3 is 2.58 bits per heavy atom. The zero-order chi connectivity index (χ0) is 16.6. The summed E-state index contributed by atoms with van der Waals surface area (Å²) in [7, 11) is 0. The van der Waals surface area contributed by atoms with E-state index in [4.69, 9.17) is 4.74 Å². The molecule has 4 aliphatic rings. The lowest BCUT2D eigenvalue weighted by molar-refractivity contribution is -0.168. The molecule has 128 valence electrons. The molecule has 2 atom stereocenters. The molecule has 0 aromatic heterocycles. The van der Waals surface area contributed by atoms with E-state index in [0.29, 0.717) is 18.9 Å². The van der Waals surface area contributed by atoms with Crippen LogP contribution in [0.5, 0.6) is 0 Å². The van der Waals surface area contributed by atoms with Crippen molar-refractivity contribution in [3.05, 3.63) is 35.9 Å². The van der Waals surface area contributed by atoms with Gasteiger partial charge < -0.3 is 10.1 Å². The lowest BCUT2D eigenvalue weighted by atomic mass is 9.72. The average molecular weight is 328 g/mol. The first-order valence-electron chi connectivity index (χ1n) is 8.93. The predicted octanol–water partition coefficient (Wildman–Crippen LogP) is 1.47. The number of hydrogen-bond donors (Lipinski definition) is 1. The molecule has 1 aromatic carbocycles. The number of nitrogens with one attached hydrogen (secondary N) is 1. The van der Waals surface area contributed by atoms with Crippen LogP contribution < -0.4 is 5.32 Å². The fraction of sp³-hybridized carbons (Fsp3) is 0.579. The van der Waals surface area contributed by atoms with Crippen LogP contribution in [0.1, 0.15) is 31.2 Å². The Morgan fingerprint density at radius 1 is 1.21 bits per heavy atom. The molecule has 0 aliphatic carbocycles. The zero-order valence-electron chi connectivity index (χ0n) is 13.9. The SMILES string of the molecule is O=C1CC(C(=O)O[C@@H]2CN3CCC2CC3)(c2ccccc2)CCN1. The summed E-state index contributed by atoms with van der Waals surface area (Å²) in [5, 5.41) is 2.84. The summed E-state index contributed by atoms with van der Waals surface area (Å²) >= 11 is 0. The first-order chi connectivity index (χ1) is 11.7. The second-order valence-electron chi connectivity index (χ2n) is 7.31. The molecule has 0 radical (unpaired) electrons. The Bertz CT molecular complexity index is 625. The molecule has 1 amide bonds. The van der Waals surface area contributed by atoms with Crippen molar-refractivity contribution in [2.75, 3.05) is 26.2 Å². The summed E-state index contributed by atoms with van der Waals surface area (Å²) in [5.41, 5.74) is 0.0569. The normalized spacial score (nSPS) is 35.3. The van der Waals surface area contributed by atoms with Gasteiger partial charge in [-0.05, 0) is 43.8 Å². The highest BCUT2D eigenvalue weighted by Crippen LogP contribution is 2.37. The molecule has 5 nitrogen and oxygen atoms in total. The van der Waals surface area contributed by atoms with Gasteiger partial charge in [0, 0.05) is 19.5 Å². The lowest BCUT2D eigenvalue weighted by Crippen LogP contribution is -2.55.